The normalized spacial score (nSPS) is 20.6. The van der Waals surface area contributed by atoms with E-state index in [1.807, 2.05) is 0 Å². The van der Waals surface area contributed by atoms with Crippen molar-refractivity contribution >= 4 is 10.0 Å². The summed E-state index contributed by atoms with van der Waals surface area (Å²) in [7, 11) is -1.98. The Labute approximate surface area is 136 Å². The van der Waals surface area contributed by atoms with Crippen molar-refractivity contribution in [3.05, 3.63) is 24.2 Å². The van der Waals surface area contributed by atoms with Gasteiger partial charge in [-0.25, -0.2) is 26.5 Å². The Morgan fingerprint density at radius 3 is 2.83 bits per heavy atom. The minimum atomic E-state index is -3.48. The first-order valence-electron chi connectivity index (χ1n) is 7.04. The predicted octanol–water partition coefficient (Wildman–Crippen LogP) is 1.48. The van der Waals surface area contributed by atoms with E-state index in [9.17, 15) is 17.2 Å². The summed E-state index contributed by atoms with van der Waals surface area (Å²) in [6, 6.07) is 2.92. The maximum Gasteiger partial charge on any atom is 0.272 e. The maximum absolute atomic E-state index is 12.1. The first-order valence-corrected chi connectivity index (χ1v) is 8.54. The molecule has 1 atom stereocenters. The average molecular weight is 360 g/mol. The lowest BCUT2D eigenvalue weighted by Gasteiger charge is -2.08. The number of alkyl halides is 2. The van der Waals surface area contributed by atoms with Gasteiger partial charge in [0.15, 0.2) is 11.9 Å². The number of aromatic nitrogens is 3. The fraction of sp³-hybridized carbons (Fsp3) is 0.462. The van der Waals surface area contributed by atoms with Gasteiger partial charge in [0.05, 0.1) is 0 Å². The molecule has 2 aromatic rings. The van der Waals surface area contributed by atoms with Gasteiger partial charge in [0.2, 0.25) is 27.6 Å². The number of pyridine rings is 1. The summed E-state index contributed by atoms with van der Waals surface area (Å²) in [5, 5.41) is 2.90. The van der Waals surface area contributed by atoms with Crippen LogP contribution in [0.4, 0.5) is 8.78 Å². The van der Waals surface area contributed by atoms with Crippen molar-refractivity contribution < 1.29 is 26.5 Å². The van der Waals surface area contributed by atoms with Gasteiger partial charge in [-0.1, -0.05) is 5.16 Å². The van der Waals surface area contributed by atoms with Crippen molar-refractivity contribution in [3.8, 4) is 17.3 Å². The maximum atomic E-state index is 12.1. The summed E-state index contributed by atoms with van der Waals surface area (Å²) < 4.78 is 59.5. The Morgan fingerprint density at radius 2 is 2.25 bits per heavy atom. The SMILES string of the molecule is CN1CCC(c2nc(-c3ccc(OCC(F)F)nc3)no2)S1(=O)=O. The second-order valence-corrected chi connectivity index (χ2v) is 7.41. The van der Waals surface area contributed by atoms with E-state index in [4.69, 9.17) is 9.26 Å². The molecule has 2 aromatic heterocycles. The predicted molar refractivity (Wildman–Crippen MR) is 77.9 cm³/mol. The quantitative estimate of drug-likeness (QED) is 0.796. The highest BCUT2D eigenvalue weighted by Crippen LogP contribution is 2.34. The lowest BCUT2D eigenvalue weighted by atomic mass is 10.2. The number of ether oxygens (including phenoxy) is 1. The van der Waals surface area contributed by atoms with Crippen molar-refractivity contribution in [1.29, 1.82) is 0 Å². The molecule has 8 nitrogen and oxygen atoms in total. The zero-order valence-corrected chi connectivity index (χ0v) is 13.4. The molecule has 0 spiro atoms. The van der Waals surface area contributed by atoms with Gasteiger partial charge in [0, 0.05) is 31.4 Å². The molecule has 3 rings (SSSR count). The van der Waals surface area contributed by atoms with Crippen LogP contribution in [0.1, 0.15) is 17.6 Å². The second kappa shape index (κ2) is 6.40. The Hall–Kier alpha value is -2.14. The molecule has 130 valence electrons. The molecule has 1 fully saturated rings. The lowest BCUT2D eigenvalue weighted by Crippen LogP contribution is -2.22. The van der Waals surface area contributed by atoms with E-state index in [-0.39, 0.29) is 17.6 Å². The van der Waals surface area contributed by atoms with Crippen LogP contribution in [0.5, 0.6) is 5.88 Å². The molecule has 0 amide bonds. The van der Waals surface area contributed by atoms with Crippen LogP contribution in [0, 0.1) is 0 Å². The Balaban J connectivity index is 1.76. The van der Waals surface area contributed by atoms with Gasteiger partial charge < -0.3 is 9.26 Å². The number of rotatable bonds is 5. The average Bonchev–Trinajstić information content (AvgIpc) is 3.11. The molecule has 1 unspecified atom stereocenters. The number of hydrogen-bond donors (Lipinski definition) is 0. The van der Waals surface area contributed by atoms with Gasteiger partial charge in [0.25, 0.3) is 6.43 Å². The monoisotopic (exact) mass is 360 g/mol. The van der Waals surface area contributed by atoms with Crippen molar-refractivity contribution in [2.24, 2.45) is 0 Å². The molecule has 0 aromatic carbocycles. The van der Waals surface area contributed by atoms with Crippen LogP contribution in [-0.4, -0.2) is 54.5 Å². The van der Waals surface area contributed by atoms with Crippen LogP contribution in [-0.2, 0) is 10.0 Å². The number of halogens is 2. The summed E-state index contributed by atoms with van der Waals surface area (Å²) in [4.78, 5) is 7.98. The minimum absolute atomic E-state index is 0.0207. The van der Waals surface area contributed by atoms with Gasteiger partial charge in [0.1, 0.15) is 0 Å². The van der Waals surface area contributed by atoms with Gasteiger partial charge in [-0.15, -0.1) is 0 Å². The molecular formula is C13H14F2N4O4S. The van der Waals surface area contributed by atoms with Gasteiger partial charge >= 0.3 is 0 Å². The standard InChI is InChI=1S/C13H14F2N4O4S/c1-19-5-4-9(24(19,20)21)13-17-12(18-23-13)8-2-3-11(16-6-8)22-7-10(14)15/h2-3,6,9-10H,4-5,7H2,1H3. The van der Waals surface area contributed by atoms with Gasteiger partial charge in [-0.3, -0.25) is 0 Å². The fourth-order valence-corrected chi connectivity index (χ4v) is 3.82. The molecule has 0 N–H and O–H groups in total. The first kappa shape index (κ1) is 16.7. The van der Waals surface area contributed by atoms with E-state index in [0.29, 0.717) is 18.5 Å². The Kier molecular flexibility index (Phi) is 4.45. The molecule has 0 aliphatic carbocycles. The number of nitrogens with zero attached hydrogens (tertiary/aromatic N) is 4. The second-order valence-electron chi connectivity index (χ2n) is 5.19. The summed E-state index contributed by atoms with van der Waals surface area (Å²) in [6.07, 6.45) is -0.873. The zero-order valence-electron chi connectivity index (χ0n) is 12.6. The first-order chi connectivity index (χ1) is 11.4. The molecule has 1 aliphatic rings. The smallest absolute Gasteiger partial charge is 0.272 e. The molecule has 1 aliphatic heterocycles. The highest BCUT2D eigenvalue weighted by atomic mass is 32.2. The van der Waals surface area contributed by atoms with Crippen molar-refractivity contribution in [3.63, 3.8) is 0 Å². The third kappa shape index (κ3) is 3.22. The van der Waals surface area contributed by atoms with Crippen LogP contribution < -0.4 is 4.74 Å². The van der Waals surface area contributed by atoms with Crippen LogP contribution >= 0.6 is 0 Å². The van der Waals surface area contributed by atoms with Gasteiger partial charge in [-0.2, -0.15) is 4.98 Å². The lowest BCUT2D eigenvalue weighted by molar-refractivity contribution is 0.0796. The highest BCUT2D eigenvalue weighted by molar-refractivity contribution is 7.89. The summed E-state index contributed by atoms with van der Waals surface area (Å²) >= 11 is 0. The van der Waals surface area contributed by atoms with Crippen LogP contribution in [0.2, 0.25) is 0 Å². The van der Waals surface area contributed by atoms with Crippen LogP contribution in [0.25, 0.3) is 11.4 Å². The zero-order chi connectivity index (χ0) is 17.3. The van der Waals surface area contributed by atoms with Crippen molar-refractivity contribution in [2.75, 3.05) is 20.2 Å². The fourth-order valence-electron chi connectivity index (χ4n) is 2.27. The number of hydrogen-bond acceptors (Lipinski definition) is 7. The Bertz CT molecular complexity index is 810. The van der Waals surface area contributed by atoms with E-state index in [1.165, 1.54) is 29.7 Å². The third-order valence-electron chi connectivity index (χ3n) is 3.57. The molecule has 0 saturated carbocycles. The van der Waals surface area contributed by atoms with E-state index < -0.39 is 28.3 Å². The van der Waals surface area contributed by atoms with E-state index in [1.54, 1.807) is 0 Å². The molecule has 11 heteroatoms. The Morgan fingerprint density at radius 1 is 1.46 bits per heavy atom. The topological polar surface area (TPSA) is 98.4 Å². The molecule has 24 heavy (non-hydrogen) atoms. The molecular weight excluding hydrogens is 346 g/mol. The third-order valence-corrected chi connectivity index (χ3v) is 5.78. The van der Waals surface area contributed by atoms with Crippen LogP contribution in [0.3, 0.4) is 0 Å². The molecule has 0 bridgehead atoms. The van der Waals surface area contributed by atoms with E-state index in [2.05, 4.69) is 15.1 Å². The highest BCUT2D eigenvalue weighted by Gasteiger charge is 2.41. The van der Waals surface area contributed by atoms with Gasteiger partial charge in [-0.05, 0) is 12.5 Å². The molecule has 1 saturated heterocycles. The van der Waals surface area contributed by atoms with Crippen LogP contribution in [0.15, 0.2) is 22.9 Å². The minimum Gasteiger partial charge on any atom is -0.472 e. The van der Waals surface area contributed by atoms with Crippen molar-refractivity contribution in [2.45, 2.75) is 18.1 Å². The largest absolute Gasteiger partial charge is 0.472 e. The summed E-state index contributed by atoms with van der Waals surface area (Å²) in [6.45, 7) is -0.353. The molecule has 3 heterocycles. The summed E-state index contributed by atoms with van der Waals surface area (Å²) in [5.74, 6) is 0.234. The van der Waals surface area contributed by atoms with Crippen molar-refractivity contribution in [1.82, 2.24) is 19.4 Å². The van der Waals surface area contributed by atoms with E-state index >= 15 is 0 Å². The molecule has 0 radical (unpaired) electrons. The number of sulfonamides is 1. The van der Waals surface area contributed by atoms with E-state index in [0.717, 1.165) is 0 Å². The summed E-state index contributed by atoms with van der Waals surface area (Å²) in [5.41, 5.74) is 0.457.